The highest BCUT2D eigenvalue weighted by molar-refractivity contribution is 9.10. The molecule has 1 aromatic rings. The molecule has 2 N–H and O–H groups in total. The summed E-state index contributed by atoms with van der Waals surface area (Å²) in [5, 5.41) is 11.7. The van der Waals surface area contributed by atoms with Gasteiger partial charge in [0.15, 0.2) is 0 Å². The average Bonchev–Trinajstić information content (AvgIpc) is 2.41. The molecule has 0 aliphatic rings. The van der Waals surface area contributed by atoms with Gasteiger partial charge in [-0.15, -0.1) is 0 Å². The monoisotopic (exact) mass is 342 g/mol. The van der Waals surface area contributed by atoms with Crippen LogP contribution in [0.2, 0.25) is 0 Å². The van der Waals surface area contributed by atoms with Crippen molar-refractivity contribution in [2.45, 2.75) is 19.4 Å². The lowest BCUT2D eigenvalue weighted by Gasteiger charge is -2.18. The van der Waals surface area contributed by atoms with E-state index in [-0.39, 0.29) is 18.4 Å². The van der Waals surface area contributed by atoms with Gasteiger partial charge in [-0.05, 0) is 31.5 Å². The van der Waals surface area contributed by atoms with Gasteiger partial charge in [-0.2, -0.15) is 0 Å². The van der Waals surface area contributed by atoms with Crippen molar-refractivity contribution < 1.29 is 14.7 Å². The summed E-state index contributed by atoms with van der Waals surface area (Å²) < 4.78 is 0.811. The Morgan fingerprint density at radius 1 is 1.45 bits per heavy atom. The van der Waals surface area contributed by atoms with Crippen LogP contribution >= 0.6 is 15.9 Å². The fraction of sp³-hybridized carbons (Fsp3) is 0.429. The van der Waals surface area contributed by atoms with Crippen molar-refractivity contribution in [1.29, 1.82) is 0 Å². The van der Waals surface area contributed by atoms with E-state index in [4.69, 9.17) is 5.11 Å². The molecule has 0 saturated carbocycles. The molecule has 6 heteroatoms. The maximum atomic E-state index is 11.8. The summed E-state index contributed by atoms with van der Waals surface area (Å²) in [5.41, 5.74) is 0.499. The molecule has 1 aromatic carbocycles. The molecule has 0 heterocycles. The lowest BCUT2D eigenvalue weighted by molar-refractivity contribution is -0.129. The fourth-order valence-electron chi connectivity index (χ4n) is 1.53. The fourth-order valence-corrected chi connectivity index (χ4v) is 1.93. The third kappa shape index (κ3) is 5.71. The van der Waals surface area contributed by atoms with Crippen LogP contribution in [0.4, 0.5) is 0 Å². The van der Waals surface area contributed by atoms with E-state index in [0.29, 0.717) is 18.5 Å². The zero-order valence-electron chi connectivity index (χ0n) is 11.6. The topological polar surface area (TPSA) is 69.6 Å². The molecule has 1 unspecified atom stereocenters. The lowest BCUT2D eigenvalue weighted by Crippen LogP contribution is -2.39. The molecular formula is C14H19BrN2O3. The first-order valence-corrected chi connectivity index (χ1v) is 7.15. The van der Waals surface area contributed by atoms with Crippen LogP contribution in [0.25, 0.3) is 0 Å². The second-order valence-corrected chi connectivity index (χ2v) is 5.56. The minimum atomic E-state index is -0.443. The average molecular weight is 343 g/mol. The van der Waals surface area contributed by atoms with Gasteiger partial charge in [0, 0.05) is 23.6 Å². The van der Waals surface area contributed by atoms with E-state index in [9.17, 15) is 9.59 Å². The number of halogens is 1. The maximum Gasteiger partial charge on any atom is 0.251 e. The van der Waals surface area contributed by atoms with Gasteiger partial charge in [-0.3, -0.25) is 9.59 Å². The van der Waals surface area contributed by atoms with Gasteiger partial charge in [-0.1, -0.05) is 22.0 Å². The maximum absolute atomic E-state index is 11.8. The van der Waals surface area contributed by atoms with Gasteiger partial charge in [0.1, 0.15) is 0 Å². The van der Waals surface area contributed by atoms with Crippen LogP contribution in [-0.4, -0.2) is 48.1 Å². The largest absolute Gasteiger partial charge is 0.393 e. The quantitative estimate of drug-likeness (QED) is 0.821. The summed E-state index contributed by atoms with van der Waals surface area (Å²) in [7, 11) is 1.65. The summed E-state index contributed by atoms with van der Waals surface area (Å²) in [6.45, 7) is 2.08. The van der Waals surface area contributed by atoms with Crippen molar-refractivity contribution in [2.24, 2.45) is 0 Å². The summed E-state index contributed by atoms with van der Waals surface area (Å²) >= 11 is 3.29. The third-order valence-corrected chi connectivity index (χ3v) is 3.29. The van der Waals surface area contributed by atoms with Gasteiger partial charge >= 0.3 is 0 Å². The van der Waals surface area contributed by atoms with Gasteiger partial charge in [0.2, 0.25) is 5.91 Å². The number of benzene rings is 1. The van der Waals surface area contributed by atoms with E-state index in [1.54, 1.807) is 32.2 Å². The third-order valence-electron chi connectivity index (χ3n) is 2.80. The first kappa shape index (κ1) is 16.7. The van der Waals surface area contributed by atoms with E-state index < -0.39 is 6.10 Å². The molecule has 110 valence electrons. The molecule has 0 aliphatic carbocycles. The molecule has 1 rings (SSSR count). The smallest absolute Gasteiger partial charge is 0.251 e. The van der Waals surface area contributed by atoms with Crippen LogP contribution in [0.1, 0.15) is 23.7 Å². The molecule has 1 atom stereocenters. The van der Waals surface area contributed by atoms with Crippen molar-refractivity contribution in [1.82, 2.24) is 10.2 Å². The van der Waals surface area contributed by atoms with Gasteiger partial charge < -0.3 is 15.3 Å². The Bertz CT molecular complexity index is 477. The second kappa shape index (κ2) is 8.01. The first-order valence-electron chi connectivity index (χ1n) is 6.36. The van der Waals surface area contributed by atoms with Crippen LogP contribution < -0.4 is 5.32 Å². The van der Waals surface area contributed by atoms with Crippen molar-refractivity contribution in [3.8, 4) is 0 Å². The van der Waals surface area contributed by atoms with Crippen LogP contribution in [0.5, 0.6) is 0 Å². The van der Waals surface area contributed by atoms with Crippen LogP contribution in [0.15, 0.2) is 28.7 Å². The minimum Gasteiger partial charge on any atom is -0.393 e. The molecule has 0 aromatic heterocycles. The standard InChI is InChI=1S/C14H19BrN2O3/c1-10(18)6-7-17(2)13(19)9-16-14(20)11-4-3-5-12(15)8-11/h3-5,8,10,18H,6-7,9H2,1-2H3,(H,16,20). The summed E-state index contributed by atoms with van der Waals surface area (Å²) in [6.07, 6.45) is 0.0726. The van der Waals surface area contributed by atoms with E-state index in [2.05, 4.69) is 21.2 Å². The first-order chi connectivity index (χ1) is 9.40. The van der Waals surface area contributed by atoms with Crippen molar-refractivity contribution in [2.75, 3.05) is 20.1 Å². The van der Waals surface area contributed by atoms with E-state index >= 15 is 0 Å². The van der Waals surface area contributed by atoms with Gasteiger partial charge in [0.05, 0.1) is 12.6 Å². The zero-order valence-corrected chi connectivity index (χ0v) is 13.2. The highest BCUT2D eigenvalue weighted by Gasteiger charge is 2.12. The Labute approximate surface area is 127 Å². The minimum absolute atomic E-state index is 0.0539. The lowest BCUT2D eigenvalue weighted by atomic mass is 10.2. The Hall–Kier alpha value is -1.40. The predicted octanol–water partition coefficient (Wildman–Crippen LogP) is 1.41. The second-order valence-electron chi connectivity index (χ2n) is 4.65. The molecule has 2 amide bonds. The molecule has 0 saturated heterocycles. The van der Waals surface area contributed by atoms with E-state index in [1.807, 2.05) is 6.07 Å². The number of aliphatic hydroxyl groups is 1. The van der Waals surface area contributed by atoms with Crippen molar-refractivity contribution >= 4 is 27.7 Å². The van der Waals surface area contributed by atoms with Crippen LogP contribution in [-0.2, 0) is 4.79 Å². The molecule has 0 spiro atoms. The number of nitrogens with one attached hydrogen (secondary N) is 1. The van der Waals surface area contributed by atoms with E-state index in [1.165, 1.54) is 4.90 Å². The van der Waals surface area contributed by atoms with Gasteiger partial charge in [0.25, 0.3) is 5.91 Å². The predicted molar refractivity (Wildman–Crippen MR) is 80.4 cm³/mol. The number of likely N-dealkylation sites (N-methyl/N-ethyl adjacent to an activating group) is 1. The summed E-state index contributed by atoms with van der Waals surface area (Å²) in [5.74, 6) is -0.474. The normalized spacial score (nSPS) is 11.8. The summed E-state index contributed by atoms with van der Waals surface area (Å²) in [6, 6.07) is 6.96. The highest BCUT2D eigenvalue weighted by atomic mass is 79.9. The molecule has 0 radical (unpaired) electrons. The van der Waals surface area contributed by atoms with Gasteiger partial charge in [-0.25, -0.2) is 0 Å². The number of aliphatic hydroxyl groups excluding tert-OH is 1. The number of carbonyl (C=O) groups excluding carboxylic acids is 2. The molecule has 5 nitrogen and oxygen atoms in total. The number of amides is 2. The number of hydrogen-bond acceptors (Lipinski definition) is 3. The van der Waals surface area contributed by atoms with E-state index in [0.717, 1.165) is 4.47 Å². The Balaban J connectivity index is 2.42. The Morgan fingerprint density at radius 2 is 2.15 bits per heavy atom. The molecular weight excluding hydrogens is 324 g/mol. The number of carbonyl (C=O) groups is 2. The molecule has 20 heavy (non-hydrogen) atoms. The van der Waals surface area contributed by atoms with Crippen molar-refractivity contribution in [3.05, 3.63) is 34.3 Å². The highest BCUT2D eigenvalue weighted by Crippen LogP contribution is 2.11. The number of rotatable bonds is 6. The van der Waals surface area contributed by atoms with Crippen LogP contribution in [0, 0.1) is 0 Å². The Kier molecular flexibility index (Phi) is 6.67. The SMILES string of the molecule is CC(O)CCN(C)C(=O)CNC(=O)c1cccc(Br)c1. The molecule has 0 bridgehead atoms. The van der Waals surface area contributed by atoms with Crippen LogP contribution in [0.3, 0.4) is 0 Å². The number of hydrogen-bond donors (Lipinski definition) is 2. The van der Waals surface area contributed by atoms with Crippen molar-refractivity contribution in [3.63, 3.8) is 0 Å². The molecule has 0 aliphatic heterocycles. The number of nitrogens with zero attached hydrogens (tertiary/aromatic N) is 1. The summed E-state index contributed by atoms with van der Waals surface area (Å²) in [4.78, 5) is 25.1. The Morgan fingerprint density at radius 3 is 2.75 bits per heavy atom. The molecule has 0 fully saturated rings. The zero-order chi connectivity index (χ0) is 15.1.